The van der Waals surface area contributed by atoms with Crippen LogP contribution in [0.15, 0.2) is 67.1 Å². The van der Waals surface area contributed by atoms with Crippen LogP contribution in [0, 0.1) is 34.0 Å². The van der Waals surface area contributed by atoms with Crippen LogP contribution in [0.3, 0.4) is 0 Å². The van der Waals surface area contributed by atoms with Crippen LogP contribution in [-0.4, -0.2) is 82.4 Å². The largest absolute Gasteiger partial charge is 0.490 e. The van der Waals surface area contributed by atoms with E-state index in [0.29, 0.717) is 76.3 Å². The standard InChI is InChI=1S/C47H58ClN7O5/c1-28(2)55(33-20-36(21-33)59-34-10-8-9-31(19-34)43(57)53-38-14-11-29(3)52-44(38)58)27-30-15-17-54(18-16-30)42-26-50-39(25-51-42)40(56)23-41-46(4,5)45(47(41,6)7)60-35-13-12-32(24-49)37(48)22-35/h8-10,12-13,19,22,25-26,28,30,33,36,38,41,45H,3,11,14-18,20-21,23,27H2,1-2,4-7H3,(H,52,58)(H,53,57). The first-order chi connectivity index (χ1) is 28.5. The van der Waals surface area contributed by atoms with Gasteiger partial charge in [0.2, 0.25) is 5.91 Å². The number of carbonyl (C=O) groups excluding carboxylic acids is 3. The first-order valence-corrected chi connectivity index (χ1v) is 21.7. The number of Topliss-reactive ketones (excluding diaryl/α,β-unsaturated/α-hetero) is 1. The number of hydrogen-bond acceptors (Lipinski definition) is 10. The van der Waals surface area contributed by atoms with Crippen LogP contribution in [-0.2, 0) is 4.79 Å². The highest BCUT2D eigenvalue weighted by Crippen LogP contribution is 2.61. The lowest BCUT2D eigenvalue weighted by molar-refractivity contribution is -0.196. The number of nitrogens with zero attached hydrogens (tertiary/aromatic N) is 5. The van der Waals surface area contributed by atoms with Crippen molar-refractivity contribution in [1.29, 1.82) is 5.26 Å². The van der Waals surface area contributed by atoms with Gasteiger partial charge in [0.05, 0.1) is 23.0 Å². The molecule has 4 fully saturated rings. The van der Waals surface area contributed by atoms with Crippen molar-refractivity contribution in [1.82, 2.24) is 25.5 Å². The molecular formula is C47H58ClN7O5. The summed E-state index contributed by atoms with van der Waals surface area (Å²) in [5.41, 5.74) is 1.38. The summed E-state index contributed by atoms with van der Waals surface area (Å²) in [4.78, 5) is 53.0. The van der Waals surface area contributed by atoms with Gasteiger partial charge in [-0.1, -0.05) is 51.9 Å². The summed E-state index contributed by atoms with van der Waals surface area (Å²) in [6, 6.07) is 14.7. The van der Waals surface area contributed by atoms with E-state index in [1.165, 1.54) is 0 Å². The van der Waals surface area contributed by atoms with Gasteiger partial charge in [-0.3, -0.25) is 19.3 Å². The SMILES string of the molecule is C=C1CCC(NC(=O)c2cccc(OC3CC(N(CC4CCN(c5cnc(C(=O)CC6C(C)(C)C(Oc7ccc(C#N)c(Cl)c7)C6(C)C)cn5)CC4)C(C)C)C3)c2)C(=O)N1. The Morgan fingerprint density at radius 2 is 1.75 bits per heavy atom. The third-order valence-corrected chi connectivity index (χ3v) is 13.8. The number of amides is 2. The summed E-state index contributed by atoms with van der Waals surface area (Å²) in [5.74, 6) is 2.16. The Hall–Kier alpha value is -4.99. The number of carbonyl (C=O) groups is 3. The number of rotatable bonds is 14. The molecule has 2 saturated heterocycles. The average molecular weight is 836 g/mol. The minimum atomic E-state index is -0.572. The van der Waals surface area contributed by atoms with Crippen LogP contribution < -0.4 is 25.0 Å². The number of piperidine rings is 2. The fourth-order valence-corrected chi connectivity index (χ4v) is 10.3. The zero-order chi connectivity index (χ0) is 42.9. The highest BCUT2D eigenvalue weighted by Gasteiger charge is 2.63. The van der Waals surface area contributed by atoms with Crippen molar-refractivity contribution < 1.29 is 23.9 Å². The third-order valence-electron chi connectivity index (χ3n) is 13.4. The van der Waals surface area contributed by atoms with Gasteiger partial charge in [0, 0.05) is 79.1 Å². The molecule has 1 atom stereocenters. The molecule has 3 heterocycles. The van der Waals surface area contributed by atoms with E-state index in [9.17, 15) is 19.6 Å². The van der Waals surface area contributed by atoms with E-state index in [2.05, 4.69) is 79.6 Å². The lowest BCUT2D eigenvalue weighted by atomic mass is 9.44. The monoisotopic (exact) mass is 835 g/mol. The molecule has 4 aliphatic rings. The highest BCUT2D eigenvalue weighted by molar-refractivity contribution is 6.31. The summed E-state index contributed by atoms with van der Waals surface area (Å²) in [7, 11) is 0. The van der Waals surface area contributed by atoms with E-state index >= 15 is 0 Å². The van der Waals surface area contributed by atoms with Gasteiger partial charge in [0.1, 0.15) is 47.3 Å². The number of nitriles is 1. The van der Waals surface area contributed by atoms with Crippen molar-refractivity contribution in [3.8, 4) is 17.6 Å². The topological polar surface area (TPSA) is 150 Å². The molecule has 0 bridgehead atoms. The first-order valence-electron chi connectivity index (χ1n) is 21.3. The van der Waals surface area contributed by atoms with Gasteiger partial charge in [-0.05, 0) is 81.7 Å². The van der Waals surface area contributed by atoms with Crippen molar-refractivity contribution >= 4 is 35.0 Å². The molecule has 2 N–H and O–H groups in total. The summed E-state index contributed by atoms with van der Waals surface area (Å²) >= 11 is 6.26. The van der Waals surface area contributed by atoms with Crippen LogP contribution in [0.1, 0.15) is 113 Å². The quantitative estimate of drug-likeness (QED) is 0.154. The van der Waals surface area contributed by atoms with Crippen LogP contribution in [0.5, 0.6) is 11.5 Å². The maximum Gasteiger partial charge on any atom is 0.252 e. The molecule has 7 rings (SSSR count). The number of hydrogen-bond donors (Lipinski definition) is 2. The Balaban J connectivity index is 0.854. The molecule has 2 saturated carbocycles. The third kappa shape index (κ3) is 9.18. The normalized spacial score (nSPS) is 24.8. The van der Waals surface area contributed by atoms with Crippen LogP contribution >= 0.6 is 11.6 Å². The summed E-state index contributed by atoms with van der Waals surface area (Å²) in [5, 5.41) is 15.1. The second-order valence-corrected chi connectivity index (χ2v) is 19.0. The molecule has 2 amide bonds. The fraction of sp³-hybridized carbons (Fsp3) is 0.532. The molecule has 12 nitrogen and oxygen atoms in total. The van der Waals surface area contributed by atoms with Crippen molar-refractivity contribution in [3.05, 3.63) is 89.0 Å². The molecule has 1 unspecified atom stereocenters. The summed E-state index contributed by atoms with van der Waals surface area (Å²) in [6.45, 7) is 19.7. The smallest absolute Gasteiger partial charge is 0.252 e. The van der Waals surface area contributed by atoms with E-state index in [-0.39, 0.29) is 46.6 Å². The van der Waals surface area contributed by atoms with Crippen molar-refractivity contribution in [3.63, 3.8) is 0 Å². The molecule has 2 aliphatic carbocycles. The highest BCUT2D eigenvalue weighted by atomic mass is 35.5. The average Bonchev–Trinajstić information content (AvgIpc) is 3.20. The molecule has 13 heteroatoms. The molecule has 1 aromatic heterocycles. The van der Waals surface area contributed by atoms with Crippen molar-refractivity contribution in [2.24, 2.45) is 22.7 Å². The van der Waals surface area contributed by atoms with Gasteiger partial charge in [-0.2, -0.15) is 5.26 Å². The second-order valence-electron chi connectivity index (χ2n) is 18.6. The van der Waals surface area contributed by atoms with E-state index < -0.39 is 6.04 Å². The van der Waals surface area contributed by atoms with Crippen molar-refractivity contribution in [2.75, 3.05) is 24.5 Å². The number of anilines is 1. The van der Waals surface area contributed by atoms with Gasteiger partial charge in [-0.15, -0.1) is 0 Å². The molecule has 60 heavy (non-hydrogen) atoms. The number of benzene rings is 2. The van der Waals surface area contributed by atoms with E-state index in [1.807, 2.05) is 12.1 Å². The zero-order valence-corrected chi connectivity index (χ0v) is 36.4. The number of aromatic nitrogens is 2. The Morgan fingerprint density at radius 3 is 2.38 bits per heavy atom. The van der Waals surface area contributed by atoms with E-state index in [1.54, 1.807) is 42.7 Å². The molecule has 2 aliphatic heterocycles. The molecule has 0 radical (unpaired) electrons. The van der Waals surface area contributed by atoms with Gasteiger partial charge in [-0.25, -0.2) is 9.97 Å². The van der Waals surface area contributed by atoms with Crippen LogP contribution in [0.2, 0.25) is 5.02 Å². The zero-order valence-electron chi connectivity index (χ0n) is 35.7. The van der Waals surface area contributed by atoms with Crippen LogP contribution in [0.4, 0.5) is 5.82 Å². The lowest BCUT2D eigenvalue weighted by Crippen LogP contribution is -2.66. The molecule has 318 valence electrons. The Kier molecular flexibility index (Phi) is 12.6. The number of ether oxygens (including phenoxy) is 2. The van der Waals surface area contributed by atoms with Gasteiger partial charge < -0.3 is 25.0 Å². The predicted molar refractivity (Wildman–Crippen MR) is 231 cm³/mol. The van der Waals surface area contributed by atoms with Crippen LogP contribution in [0.25, 0.3) is 0 Å². The van der Waals surface area contributed by atoms with Gasteiger partial charge in [0.15, 0.2) is 5.78 Å². The molecule has 2 aromatic carbocycles. The van der Waals surface area contributed by atoms with Gasteiger partial charge in [0.25, 0.3) is 5.91 Å². The minimum Gasteiger partial charge on any atom is -0.490 e. The van der Waals surface area contributed by atoms with Crippen molar-refractivity contribution in [2.45, 2.75) is 117 Å². The summed E-state index contributed by atoms with van der Waals surface area (Å²) in [6.07, 6.45) is 8.79. The maximum atomic E-state index is 13.6. The Labute approximate surface area is 359 Å². The van der Waals surface area contributed by atoms with E-state index in [4.69, 9.17) is 26.1 Å². The number of ketones is 1. The predicted octanol–water partition coefficient (Wildman–Crippen LogP) is 7.76. The summed E-state index contributed by atoms with van der Waals surface area (Å²) < 4.78 is 12.7. The first kappa shape index (κ1) is 43.1. The lowest BCUT2D eigenvalue weighted by Gasteiger charge is -2.63. The second kappa shape index (κ2) is 17.5. The Bertz CT molecular complexity index is 2120. The van der Waals surface area contributed by atoms with Gasteiger partial charge >= 0.3 is 0 Å². The molecular weight excluding hydrogens is 778 g/mol. The maximum absolute atomic E-state index is 13.6. The molecule has 3 aromatic rings. The Morgan fingerprint density at radius 1 is 1.03 bits per heavy atom. The minimum absolute atomic E-state index is 0.0222. The number of halogens is 1. The molecule has 0 spiro atoms. The number of allylic oxidation sites excluding steroid dienone is 1. The number of nitrogens with one attached hydrogen (secondary N) is 2. The fourth-order valence-electron chi connectivity index (χ4n) is 10.1. The van der Waals surface area contributed by atoms with E-state index in [0.717, 1.165) is 51.1 Å².